The van der Waals surface area contributed by atoms with Crippen molar-refractivity contribution in [3.05, 3.63) is 40.4 Å². The van der Waals surface area contributed by atoms with Gasteiger partial charge in [-0.25, -0.2) is 4.98 Å². The molecule has 1 aliphatic carbocycles. The Labute approximate surface area is 129 Å². The molecule has 2 aliphatic rings. The zero-order valence-corrected chi connectivity index (χ0v) is 13.3. The van der Waals surface area contributed by atoms with Crippen molar-refractivity contribution in [2.45, 2.75) is 39.2 Å². The Bertz CT molecular complexity index is 692. The van der Waals surface area contributed by atoms with Crippen molar-refractivity contribution in [3.8, 4) is 0 Å². The molecule has 110 valence electrons. The van der Waals surface area contributed by atoms with Crippen LogP contribution in [-0.4, -0.2) is 16.6 Å². The molecule has 4 heteroatoms. The predicted molar refractivity (Wildman–Crippen MR) is 86.3 cm³/mol. The minimum Gasteiger partial charge on any atom is -0.387 e. The second-order valence-corrected chi connectivity index (χ2v) is 7.91. The van der Waals surface area contributed by atoms with Crippen molar-refractivity contribution in [1.82, 2.24) is 4.98 Å². The average Bonchev–Trinajstić information content (AvgIpc) is 3.00. The number of aliphatic hydroxyl groups excluding tert-OH is 1. The fraction of sp³-hybridized carbons (Fsp3) is 0.471. The maximum Gasteiger partial charge on any atom is 0.190 e. The summed E-state index contributed by atoms with van der Waals surface area (Å²) >= 11 is 1.67. The molecule has 0 bridgehead atoms. The van der Waals surface area contributed by atoms with Crippen LogP contribution in [0.25, 0.3) is 0 Å². The molecule has 2 aromatic rings. The average molecular weight is 300 g/mol. The first-order valence-corrected chi connectivity index (χ1v) is 8.38. The fourth-order valence-corrected chi connectivity index (χ4v) is 4.64. The smallest absolute Gasteiger partial charge is 0.190 e. The normalized spacial score (nSPS) is 23.0. The number of aliphatic hydroxyl groups is 1. The van der Waals surface area contributed by atoms with E-state index in [1.807, 2.05) is 0 Å². The molecule has 2 heterocycles. The molecule has 0 saturated heterocycles. The molecule has 0 saturated carbocycles. The number of rotatable bonds is 1. The highest BCUT2D eigenvalue weighted by Gasteiger charge is 2.35. The molecule has 1 N–H and O–H groups in total. The summed E-state index contributed by atoms with van der Waals surface area (Å²) < 4.78 is 0. The van der Waals surface area contributed by atoms with Crippen molar-refractivity contribution in [2.24, 2.45) is 5.41 Å². The molecule has 1 atom stereocenters. The molecular formula is C17H20N2OS. The first kappa shape index (κ1) is 13.3. The topological polar surface area (TPSA) is 36.4 Å². The quantitative estimate of drug-likeness (QED) is 0.869. The monoisotopic (exact) mass is 300 g/mol. The SMILES string of the molecule is CC1(C)Cc2nc(N3CCc4ccccc43)sc2C(O)C1. The molecule has 1 unspecified atom stereocenters. The van der Waals surface area contributed by atoms with Crippen LogP contribution < -0.4 is 4.90 Å². The van der Waals surface area contributed by atoms with Crippen molar-refractivity contribution in [3.63, 3.8) is 0 Å². The zero-order chi connectivity index (χ0) is 14.6. The number of fused-ring (bicyclic) bond motifs is 2. The number of benzene rings is 1. The summed E-state index contributed by atoms with van der Waals surface area (Å²) in [5.74, 6) is 0. The van der Waals surface area contributed by atoms with E-state index in [9.17, 15) is 5.11 Å². The first-order valence-electron chi connectivity index (χ1n) is 7.57. The molecule has 21 heavy (non-hydrogen) atoms. The molecule has 0 amide bonds. The van der Waals surface area contributed by atoms with E-state index in [1.165, 1.54) is 11.3 Å². The summed E-state index contributed by atoms with van der Waals surface area (Å²) in [5.41, 5.74) is 3.91. The third-order valence-electron chi connectivity index (χ3n) is 4.53. The lowest BCUT2D eigenvalue weighted by Gasteiger charge is -2.31. The van der Waals surface area contributed by atoms with Gasteiger partial charge >= 0.3 is 0 Å². The number of nitrogens with zero attached hydrogens (tertiary/aromatic N) is 2. The minimum absolute atomic E-state index is 0.140. The summed E-state index contributed by atoms with van der Waals surface area (Å²) in [7, 11) is 0. The van der Waals surface area contributed by atoms with Gasteiger partial charge in [-0.1, -0.05) is 43.4 Å². The van der Waals surface area contributed by atoms with Crippen LogP contribution in [0.15, 0.2) is 24.3 Å². The van der Waals surface area contributed by atoms with Crippen LogP contribution >= 0.6 is 11.3 Å². The number of thiazole rings is 1. The number of aromatic nitrogens is 1. The van der Waals surface area contributed by atoms with E-state index in [0.717, 1.165) is 41.5 Å². The third kappa shape index (κ3) is 2.17. The number of hydrogen-bond acceptors (Lipinski definition) is 4. The van der Waals surface area contributed by atoms with E-state index < -0.39 is 0 Å². The van der Waals surface area contributed by atoms with Gasteiger partial charge < -0.3 is 10.0 Å². The number of anilines is 2. The number of para-hydroxylation sites is 1. The molecule has 3 nitrogen and oxygen atoms in total. The van der Waals surface area contributed by atoms with Crippen LogP contribution in [0.3, 0.4) is 0 Å². The van der Waals surface area contributed by atoms with Gasteiger partial charge in [0.05, 0.1) is 16.7 Å². The largest absolute Gasteiger partial charge is 0.387 e. The third-order valence-corrected chi connectivity index (χ3v) is 5.75. The highest BCUT2D eigenvalue weighted by Crippen LogP contribution is 2.46. The van der Waals surface area contributed by atoms with Gasteiger partial charge in [-0.3, -0.25) is 0 Å². The Morgan fingerprint density at radius 1 is 1.33 bits per heavy atom. The van der Waals surface area contributed by atoms with E-state index in [4.69, 9.17) is 4.98 Å². The Morgan fingerprint density at radius 2 is 2.14 bits per heavy atom. The molecule has 0 spiro atoms. The van der Waals surface area contributed by atoms with Crippen molar-refractivity contribution in [1.29, 1.82) is 0 Å². The van der Waals surface area contributed by atoms with Gasteiger partial charge in [0.15, 0.2) is 5.13 Å². The molecule has 1 aromatic carbocycles. The van der Waals surface area contributed by atoms with Crippen molar-refractivity contribution < 1.29 is 5.11 Å². The summed E-state index contributed by atoms with van der Waals surface area (Å²) in [6.45, 7) is 5.41. The van der Waals surface area contributed by atoms with Crippen LogP contribution in [0, 0.1) is 5.41 Å². The lowest BCUT2D eigenvalue weighted by molar-refractivity contribution is 0.102. The van der Waals surface area contributed by atoms with Gasteiger partial charge in [0.25, 0.3) is 0 Å². The zero-order valence-electron chi connectivity index (χ0n) is 12.5. The predicted octanol–water partition coefficient (Wildman–Crippen LogP) is 3.84. The second-order valence-electron chi connectivity index (χ2n) is 6.90. The van der Waals surface area contributed by atoms with E-state index >= 15 is 0 Å². The van der Waals surface area contributed by atoms with Crippen LogP contribution in [0.5, 0.6) is 0 Å². The lowest BCUT2D eigenvalue weighted by atomic mass is 9.77. The van der Waals surface area contributed by atoms with E-state index in [1.54, 1.807) is 11.3 Å². The first-order chi connectivity index (χ1) is 10.0. The van der Waals surface area contributed by atoms with E-state index in [0.29, 0.717) is 0 Å². The molecule has 4 rings (SSSR count). The second kappa shape index (κ2) is 4.55. The highest BCUT2D eigenvalue weighted by atomic mass is 32.1. The molecule has 0 fully saturated rings. The highest BCUT2D eigenvalue weighted by molar-refractivity contribution is 7.15. The lowest BCUT2D eigenvalue weighted by Crippen LogP contribution is -2.24. The Hall–Kier alpha value is -1.39. The van der Waals surface area contributed by atoms with E-state index in [-0.39, 0.29) is 11.5 Å². The molecular weight excluding hydrogens is 280 g/mol. The molecule has 0 radical (unpaired) electrons. The van der Waals surface area contributed by atoms with Gasteiger partial charge in [-0.2, -0.15) is 0 Å². The Morgan fingerprint density at radius 3 is 3.00 bits per heavy atom. The molecule has 1 aromatic heterocycles. The number of hydrogen-bond donors (Lipinski definition) is 1. The maximum atomic E-state index is 10.4. The van der Waals surface area contributed by atoms with Gasteiger partial charge in [-0.15, -0.1) is 0 Å². The van der Waals surface area contributed by atoms with Crippen LogP contribution in [-0.2, 0) is 12.8 Å². The Kier molecular flexibility index (Phi) is 2.88. The van der Waals surface area contributed by atoms with Crippen LogP contribution in [0.4, 0.5) is 10.8 Å². The molecule has 1 aliphatic heterocycles. The Balaban J connectivity index is 1.73. The standard InChI is InChI=1S/C17H20N2OS/c1-17(2)9-12-15(14(20)10-17)21-16(18-12)19-8-7-11-5-3-4-6-13(11)19/h3-6,14,20H,7-10H2,1-2H3. The summed E-state index contributed by atoms with van der Waals surface area (Å²) in [5, 5.41) is 11.4. The van der Waals surface area contributed by atoms with Crippen molar-refractivity contribution >= 4 is 22.2 Å². The maximum absolute atomic E-state index is 10.4. The summed E-state index contributed by atoms with van der Waals surface area (Å²) in [4.78, 5) is 8.24. The fourth-order valence-electron chi connectivity index (χ4n) is 3.53. The summed E-state index contributed by atoms with van der Waals surface area (Å²) in [6, 6.07) is 8.55. The minimum atomic E-state index is -0.354. The van der Waals surface area contributed by atoms with Gasteiger partial charge in [0.1, 0.15) is 0 Å². The van der Waals surface area contributed by atoms with E-state index in [2.05, 4.69) is 43.0 Å². The summed E-state index contributed by atoms with van der Waals surface area (Å²) in [6.07, 6.45) is 2.52. The van der Waals surface area contributed by atoms with Gasteiger partial charge in [0.2, 0.25) is 0 Å². The van der Waals surface area contributed by atoms with Gasteiger partial charge in [-0.05, 0) is 36.3 Å². The van der Waals surface area contributed by atoms with Crippen LogP contribution in [0.2, 0.25) is 0 Å². The van der Waals surface area contributed by atoms with Gasteiger partial charge in [0, 0.05) is 12.2 Å². The van der Waals surface area contributed by atoms with Crippen LogP contribution in [0.1, 0.15) is 42.5 Å². The van der Waals surface area contributed by atoms with Crippen molar-refractivity contribution in [2.75, 3.05) is 11.4 Å².